The van der Waals surface area contributed by atoms with Crippen LogP contribution in [0.2, 0.25) is 5.02 Å². The highest BCUT2D eigenvalue weighted by atomic mass is 35.5. The summed E-state index contributed by atoms with van der Waals surface area (Å²) in [7, 11) is 0. The van der Waals surface area contributed by atoms with Crippen molar-refractivity contribution in [3.63, 3.8) is 0 Å². The van der Waals surface area contributed by atoms with E-state index in [2.05, 4.69) is 59.2 Å². The van der Waals surface area contributed by atoms with Gasteiger partial charge in [0.15, 0.2) is 9.92 Å². The summed E-state index contributed by atoms with van der Waals surface area (Å²) in [6, 6.07) is 41.7. The molecule has 0 aliphatic rings. The monoisotopic (exact) mass is 794 g/mol. The van der Waals surface area contributed by atoms with Crippen LogP contribution in [0.5, 0.6) is 0 Å². The van der Waals surface area contributed by atoms with Gasteiger partial charge >= 0.3 is 0 Å². The highest BCUT2D eigenvalue weighted by Crippen LogP contribution is 2.41. The van der Waals surface area contributed by atoms with E-state index >= 15 is 0 Å². The molecule has 6 aromatic carbocycles. The summed E-state index contributed by atoms with van der Waals surface area (Å²) in [5.41, 5.74) is 9.30. The predicted octanol–water partition coefficient (Wildman–Crippen LogP) is 13.8. The number of fused-ring (bicyclic) bond motifs is 6. The van der Waals surface area contributed by atoms with E-state index in [1.807, 2.05) is 78.1 Å². The van der Waals surface area contributed by atoms with E-state index in [-0.39, 0.29) is 11.6 Å². The Morgan fingerprint density at radius 1 is 0.500 bits per heavy atom. The molecule has 6 nitrogen and oxygen atoms in total. The summed E-state index contributed by atoms with van der Waals surface area (Å²) in [5.74, 6) is 0.905. The first-order valence-corrected chi connectivity index (χ1v) is 19.9. The van der Waals surface area contributed by atoms with Crippen molar-refractivity contribution < 1.29 is 8.78 Å². The average Bonchev–Trinajstić information content (AvgIpc) is 3.94. The number of thiazole rings is 2. The molecular formula is C45H33ClF2N6S2. The summed E-state index contributed by atoms with van der Waals surface area (Å²) in [5, 5.41) is 7.63. The van der Waals surface area contributed by atoms with Crippen LogP contribution in [-0.2, 0) is 0 Å². The molecule has 0 atom stereocenters. The van der Waals surface area contributed by atoms with E-state index in [9.17, 15) is 8.78 Å². The fourth-order valence-corrected chi connectivity index (χ4v) is 9.31. The van der Waals surface area contributed by atoms with E-state index < -0.39 is 0 Å². The molecule has 10 rings (SSSR count). The molecule has 4 aromatic heterocycles. The molecule has 0 amide bonds. The number of aryl methyl sites for hydroxylation is 3. The van der Waals surface area contributed by atoms with Gasteiger partial charge in [-0.1, -0.05) is 113 Å². The Morgan fingerprint density at radius 2 is 0.911 bits per heavy atom. The number of halogens is 3. The molecule has 0 aliphatic heterocycles. The number of benzene rings is 6. The number of aromatic nitrogens is 4. The van der Waals surface area contributed by atoms with Gasteiger partial charge in [0.1, 0.15) is 34.7 Å². The van der Waals surface area contributed by atoms with E-state index in [0.29, 0.717) is 33.4 Å². The lowest BCUT2D eigenvalue weighted by Gasteiger charge is -2.14. The minimum Gasteiger partial charge on any atom is -0.339 e. The fourth-order valence-electron chi connectivity index (χ4n) is 6.99. The van der Waals surface area contributed by atoms with Gasteiger partial charge in [-0.2, -0.15) is 0 Å². The van der Waals surface area contributed by atoms with Crippen LogP contribution in [0, 0.1) is 32.4 Å². The SMILES string of the molecule is Cc1cccc(C)c1Nc1c(-c2ccccc2F)nc2sc3ccccc3n12.Cc1cccc(Cl)c1Nc1c(-c2ccccc2F)nc2sc3ccccc3n12. The second-order valence-electron chi connectivity index (χ2n) is 13.4. The first-order chi connectivity index (χ1) is 27.3. The van der Waals surface area contributed by atoms with Gasteiger partial charge in [0.25, 0.3) is 0 Å². The lowest BCUT2D eigenvalue weighted by molar-refractivity contribution is 0.630. The maximum absolute atomic E-state index is 14.6. The van der Waals surface area contributed by atoms with E-state index in [0.717, 1.165) is 64.2 Å². The molecule has 0 spiro atoms. The van der Waals surface area contributed by atoms with Gasteiger partial charge in [-0.15, -0.1) is 0 Å². The van der Waals surface area contributed by atoms with Crippen molar-refractivity contribution in [3.8, 4) is 22.5 Å². The van der Waals surface area contributed by atoms with Crippen LogP contribution in [0.1, 0.15) is 16.7 Å². The van der Waals surface area contributed by atoms with Gasteiger partial charge < -0.3 is 10.6 Å². The molecule has 0 unspecified atom stereocenters. The highest BCUT2D eigenvalue weighted by molar-refractivity contribution is 7.24. The van der Waals surface area contributed by atoms with Crippen LogP contribution in [0.4, 0.5) is 31.8 Å². The zero-order valence-electron chi connectivity index (χ0n) is 30.4. The van der Waals surface area contributed by atoms with Crippen LogP contribution >= 0.6 is 34.3 Å². The van der Waals surface area contributed by atoms with Gasteiger partial charge in [0, 0.05) is 16.8 Å². The maximum atomic E-state index is 14.6. The van der Waals surface area contributed by atoms with Crippen molar-refractivity contribution >= 4 is 87.6 Å². The topological polar surface area (TPSA) is 58.7 Å². The first kappa shape index (κ1) is 35.6. The molecule has 0 saturated heterocycles. The second-order valence-corrected chi connectivity index (χ2v) is 15.8. The van der Waals surface area contributed by atoms with E-state index in [1.54, 1.807) is 46.9 Å². The summed E-state index contributed by atoms with van der Waals surface area (Å²) < 4.78 is 35.6. The Bertz CT molecular complexity index is 2840. The minimum atomic E-state index is -0.309. The fraction of sp³-hybridized carbons (Fsp3) is 0.0667. The molecular weight excluding hydrogens is 762 g/mol. The molecule has 10 aromatic rings. The molecule has 11 heteroatoms. The van der Waals surface area contributed by atoms with Crippen molar-refractivity contribution in [3.05, 3.63) is 167 Å². The number of anilines is 4. The van der Waals surface area contributed by atoms with Crippen LogP contribution in [0.3, 0.4) is 0 Å². The third-order valence-corrected chi connectivity index (χ3v) is 12.1. The highest BCUT2D eigenvalue weighted by Gasteiger charge is 2.23. The normalized spacial score (nSPS) is 11.4. The number of rotatable bonds is 6. The van der Waals surface area contributed by atoms with Crippen LogP contribution < -0.4 is 10.6 Å². The molecule has 2 N–H and O–H groups in total. The van der Waals surface area contributed by atoms with E-state index in [4.69, 9.17) is 21.6 Å². The van der Waals surface area contributed by atoms with Gasteiger partial charge in [-0.25, -0.2) is 18.7 Å². The maximum Gasteiger partial charge on any atom is 0.197 e. The molecule has 0 fully saturated rings. The predicted molar refractivity (Wildman–Crippen MR) is 231 cm³/mol. The molecule has 0 radical (unpaired) electrons. The quantitative estimate of drug-likeness (QED) is 0.176. The Hall–Kier alpha value is -6.07. The van der Waals surface area contributed by atoms with Gasteiger partial charge in [0.05, 0.1) is 31.1 Å². The molecule has 4 heterocycles. The van der Waals surface area contributed by atoms with Crippen LogP contribution in [-0.4, -0.2) is 18.8 Å². The van der Waals surface area contributed by atoms with Crippen molar-refractivity contribution in [1.82, 2.24) is 18.8 Å². The number of hydrogen-bond donors (Lipinski definition) is 2. The Morgan fingerprint density at radius 3 is 1.39 bits per heavy atom. The van der Waals surface area contributed by atoms with Crippen molar-refractivity contribution in [2.75, 3.05) is 10.6 Å². The zero-order valence-corrected chi connectivity index (χ0v) is 32.8. The van der Waals surface area contributed by atoms with Gasteiger partial charge in [-0.3, -0.25) is 8.80 Å². The summed E-state index contributed by atoms with van der Waals surface area (Å²) in [6.45, 7) is 6.13. The number of nitrogens with one attached hydrogen (secondary N) is 2. The molecule has 276 valence electrons. The average molecular weight is 795 g/mol. The Balaban J connectivity index is 0.000000146. The zero-order chi connectivity index (χ0) is 38.5. The molecule has 0 aliphatic carbocycles. The lowest BCUT2D eigenvalue weighted by atomic mass is 10.1. The van der Waals surface area contributed by atoms with E-state index in [1.165, 1.54) is 12.1 Å². The largest absolute Gasteiger partial charge is 0.339 e. The standard InChI is InChI=1S/C23H18FN3S.C22H15ClFN3S/c1-14-8-7-9-15(2)20(14)25-22-21(16-10-3-4-11-17(16)24)26-23-27(22)18-12-5-6-13-19(18)28-23;1-13-7-6-9-15(23)19(13)25-21-20(14-8-2-3-10-16(14)24)26-22-27(21)17-11-4-5-12-18(17)28-22/h3-13,25H,1-2H3;2-12,25H,1H3. The lowest BCUT2D eigenvalue weighted by Crippen LogP contribution is -2.01. The van der Waals surface area contributed by atoms with Crippen molar-refractivity contribution in [1.29, 1.82) is 0 Å². The second kappa shape index (κ2) is 14.5. The molecule has 0 bridgehead atoms. The van der Waals surface area contributed by atoms with Crippen LogP contribution in [0.15, 0.2) is 133 Å². The smallest absolute Gasteiger partial charge is 0.197 e. The van der Waals surface area contributed by atoms with Gasteiger partial charge in [-0.05, 0) is 92.1 Å². The Labute approximate surface area is 334 Å². The number of nitrogens with zero attached hydrogens (tertiary/aromatic N) is 4. The van der Waals surface area contributed by atoms with Crippen molar-refractivity contribution in [2.45, 2.75) is 20.8 Å². The van der Waals surface area contributed by atoms with Crippen LogP contribution in [0.25, 0.3) is 52.9 Å². The number of hydrogen-bond acceptors (Lipinski definition) is 6. The molecule has 0 saturated carbocycles. The van der Waals surface area contributed by atoms with Crippen molar-refractivity contribution in [2.24, 2.45) is 0 Å². The molecule has 56 heavy (non-hydrogen) atoms. The minimum absolute atomic E-state index is 0.276. The van der Waals surface area contributed by atoms with Gasteiger partial charge in [0.2, 0.25) is 0 Å². The first-order valence-electron chi connectivity index (χ1n) is 17.9. The third-order valence-electron chi connectivity index (χ3n) is 9.76. The Kier molecular flexibility index (Phi) is 9.25. The number of imidazole rings is 2. The summed E-state index contributed by atoms with van der Waals surface area (Å²) >= 11 is 9.63. The number of para-hydroxylation sites is 4. The third kappa shape index (κ3) is 6.25. The summed E-state index contributed by atoms with van der Waals surface area (Å²) in [4.78, 5) is 11.2. The summed E-state index contributed by atoms with van der Waals surface area (Å²) in [6.07, 6.45) is 0.